The first-order chi connectivity index (χ1) is 15.8. The van der Waals surface area contributed by atoms with Crippen LogP contribution >= 0.6 is 7.75 Å². The Morgan fingerprint density at radius 2 is 1.58 bits per heavy atom. The Balaban J connectivity index is 1.82. The maximum absolute atomic E-state index is 13.8. The van der Waals surface area contributed by atoms with Gasteiger partial charge in [-0.1, -0.05) is 38.5 Å². The summed E-state index contributed by atoms with van der Waals surface area (Å²) in [7, 11) is -4.14. The van der Waals surface area contributed by atoms with E-state index in [-0.39, 0.29) is 29.2 Å². The van der Waals surface area contributed by atoms with Gasteiger partial charge in [-0.05, 0) is 55.9 Å². The minimum Gasteiger partial charge on any atom is -0.461 e. The summed E-state index contributed by atoms with van der Waals surface area (Å²) >= 11 is 0. The first-order valence-corrected chi connectivity index (χ1v) is 12.6. The molecule has 0 heterocycles. The zero-order valence-corrected chi connectivity index (χ0v) is 19.6. The van der Waals surface area contributed by atoms with Crippen LogP contribution in [-0.2, 0) is 14.1 Å². The first kappa shape index (κ1) is 24.7. The van der Waals surface area contributed by atoms with E-state index < -0.39 is 24.7 Å². The molecule has 0 saturated heterocycles. The maximum Gasteiger partial charge on any atom is 0.513 e. The van der Waals surface area contributed by atoms with Gasteiger partial charge in [-0.3, -0.25) is 14.9 Å². The zero-order chi connectivity index (χ0) is 23.8. The number of carbonyl (C=O) groups is 1. The van der Waals surface area contributed by atoms with Gasteiger partial charge >= 0.3 is 13.7 Å². The maximum atomic E-state index is 13.8. The molecule has 0 aliphatic heterocycles. The fourth-order valence-corrected chi connectivity index (χ4v) is 5.21. The number of nitrogens with zero attached hydrogens (tertiary/aromatic N) is 1. The molecule has 2 atom stereocenters. The molecule has 33 heavy (non-hydrogen) atoms. The Kier molecular flexibility index (Phi) is 8.47. The van der Waals surface area contributed by atoms with Crippen molar-refractivity contribution in [3.8, 4) is 11.5 Å². The lowest BCUT2D eigenvalue weighted by Crippen LogP contribution is -2.43. The Morgan fingerprint density at radius 1 is 1.00 bits per heavy atom. The molecule has 9 nitrogen and oxygen atoms in total. The average molecular weight is 476 g/mol. The van der Waals surface area contributed by atoms with Crippen LogP contribution in [0, 0.1) is 16.0 Å². The summed E-state index contributed by atoms with van der Waals surface area (Å²) in [5.41, 5.74) is -0.134. The molecule has 1 aliphatic carbocycles. The first-order valence-electron chi connectivity index (χ1n) is 11.0. The lowest BCUT2D eigenvalue weighted by Gasteiger charge is -2.29. The van der Waals surface area contributed by atoms with Crippen LogP contribution in [0.1, 0.15) is 46.0 Å². The van der Waals surface area contributed by atoms with Gasteiger partial charge in [0.2, 0.25) is 0 Å². The Hall–Kier alpha value is -2.90. The van der Waals surface area contributed by atoms with Gasteiger partial charge in [0, 0.05) is 12.1 Å². The highest BCUT2D eigenvalue weighted by molar-refractivity contribution is 7.52. The van der Waals surface area contributed by atoms with E-state index in [0.29, 0.717) is 0 Å². The summed E-state index contributed by atoms with van der Waals surface area (Å²) in [6.07, 6.45) is 4.62. The summed E-state index contributed by atoms with van der Waals surface area (Å²) in [4.78, 5) is 23.3. The van der Waals surface area contributed by atoms with Gasteiger partial charge < -0.3 is 13.8 Å². The predicted molar refractivity (Wildman–Crippen MR) is 123 cm³/mol. The molecule has 3 rings (SSSR count). The molecule has 2 aromatic rings. The number of para-hydroxylation sites is 1. The molecule has 10 heteroatoms. The quantitative estimate of drug-likeness (QED) is 0.202. The SMILES string of the molecule is CC(C)C(NP(=O)(Oc1ccccc1)Oc1ccc([N+](=O)[O-])cc1)C(=O)OC1CCCCC1. The van der Waals surface area contributed by atoms with Gasteiger partial charge in [0.25, 0.3) is 5.69 Å². The third-order valence-corrected chi connectivity index (χ3v) is 6.79. The van der Waals surface area contributed by atoms with Crippen molar-refractivity contribution in [2.45, 2.75) is 58.1 Å². The van der Waals surface area contributed by atoms with Crippen molar-refractivity contribution in [3.05, 3.63) is 64.7 Å². The second-order valence-electron chi connectivity index (χ2n) is 8.29. The molecule has 1 fully saturated rings. The topological polar surface area (TPSA) is 117 Å². The average Bonchev–Trinajstić information content (AvgIpc) is 2.79. The number of rotatable bonds is 10. The third kappa shape index (κ3) is 7.30. The van der Waals surface area contributed by atoms with Crippen molar-refractivity contribution in [1.29, 1.82) is 0 Å². The number of nitro groups is 1. The van der Waals surface area contributed by atoms with E-state index >= 15 is 0 Å². The molecule has 1 aliphatic rings. The van der Waals surface area contributed by atoms with E-state index in [0.717, 1.165) is 32.1 Å². The fourth-order valence-electron chi connectivity index (χ4n) is 3.52. The number of nitro benzene ring substituents is 1. The van der Waals surface area contributed by atoms with Gasteiger partial charge in [0.1, 0.15) is 23.6 Å². The van der Waals surface area contributed by atoms with E-state index in [9.17, 15) is 19.5 Å². The summed E-state index contributed by atoms with van der Waals surface area (Å²) < 4.78 is 30.8. The molecule has 0 bridgehead atoms. The lowest BCUT2D eigenvalue weighted by atomic mass is 9.97. The summed E-state index contributed by atoms with van der Waals surface area (Å²) in [5.74, 6) is -0.413. The number of nitrogens with one attached hydrogen (secondary N) is 1. The largest absolute Gasteiger partial charge is 0.513 e. The van der Waals surface area contributed by atoms with Crippen molar-refractivity contribution in [2.24, 2.45) is 5.92 Å². The van der Waals surface area contributed by atoms with Crippen LogP contribution in [0.15, 0.2) is 54.6 Å². The van der Waals surface area contributed by atoms with Crippen LogP contribution in [-0.4, -0.2) is 23.0 Å². The van der Waals surface area contributed by atoms with Crippen LogP contribution in [0.2, 0.25) is 0 Å². The van der Waals surface area contributed by atoms with Crippen LogP contribution in [0.4, 0.5) is 5.69 Å². The molecule has 1 N–H and O–H groups in total. The zero-order valence-electron chi connectivity index (χ0n) is 18.7. The number of carbonyl (C=O) groups excluding carboxylic acids is 1. The van der Waals surface area contributed by atoms with Gasteiger partial charge in [0.05, 0.1) is 4.92 Å². The minimum atomic E-state index is -4.14. The van der Waals surface area contributed by atoms with Crippen molar-refractivity contribution >= 4 is 19.4 Å². The molecule has 2 aromatic carbocycles. The number of hydrogen-bond donors (Lipinski definition) is 1. The number of ether oxygens (including phenoxy) is 1. The Labute approximate surface area is 193 Å². The normalized spacial score (nSPS) is 17.1. The molecular weight excluding hydrogens is 447 g/mol. The van der Waals surface area contributed by atoms with Gasteiger partial charge in [0.15, 0.2) is 0 Å². The van der Waals surface area contributed by atoms with Crippen molar-refractivity contribution in [1.82, 2.24) is 5.09 Å². The number of non-ortho nitro benzene ring substituents is 1. The minimum absolute atomic E-state index is 0.0931. The molecule has 0 spiro atoms. The molecule has 178 valence electrons. The van der Waals surface area contributed by atoms with Gasteiger partial charge in [-0.2, -0.15) is 5.09 Å². The van der Waals surface area contributed by atoms with E-state index in [2.05, 4.69) is 5.09 Å². The smallest absolute Gasteiger partial charge is 0.461 e. The highest BCUT2D eigenvalue weighted by Gasteiger charge is 2.38. The highest BCUT2D eigenvalue weighted by Crippen LogP contribution is 2.46. The van der Waals surface area contributed by atoms with Crippen LogP contribution in [0.5, 0.6) is 11.5 Å². The molecule has 1 saturated carbocycles. The van der Waals surface area contributed by atoms with E-state index in [1.54, 1.807) is 44.2 Å². The second-order valence-corrected chi connectivity index (χ2v) is 9.91. The van der Waals surface area contributed by atoms with Crippen molar-refractivity contribution in [3.63, 3.8) is 0 Å². The van der Waals surface area contributed by atoms with Crippen LogP contribution in [0.25, 0.3) is 0 Å². The Bertz CT molecular complexity index is 976. The van der Waals surface area contributed by atoms with Crippen LogP contribution < -0.4 is 14.1 Å². The molecule has 0 radical (unpaired) electrons. The summed E-state index contributed by atoms with van der Waals surface area (Å²) in [6.45, 7) is 3.61. The molecule has 0 aromatic heterocycles. The number of hydrogen-bond acceptors (Lipinski definition) is 7. The lowest BCUT2D eigenvalue weighted by molar-refractivity contribution is -0.384. The van der Waals surface area contributed by atoms with Gasteiger partial charge in [-0.25, -0.2) is 4.57 Å². The Morgan fingerprint density at radius 3 is 2.12 bits per heavy atom. The highest BCUT2D eigenvalue weighted by atomic mass is 31.2. The fraction of sp³-hybridized carbons (Fsp3) is 0.435. The van der Waals surface area contributed by atoms with E-state index in [1.165, 1.54) is 24.3 Å². The summed E-state index contributed by atoms with van der Waals surface area (Å²) in [5, 5.41) is 13.7. The number of benzene rings is 2. The molecule has 0 amide bonds. The monoisotopic (exact) mass is 476 g/mol. The van der Waals surface area contributed by atoms with E-state index in [1.807, 2.05) is 0 Å². The third-order valence-electron chi connectivity index (χ3n) is 5.29. The second kappa shape index (κ2) is 11.3. The molecule has 2 unspecified atom stereocenters. The predicted octanol–water partition coefficient (Wildman–Crippen LogP) is 5.65. The van der Waals surface area contributed by atoms with Crippen LogP contribution in [0.3, 0.4) is 0 Å². The summed E-state index contributed by atoms with van der Waals surface area (Å²) in [6, 6.07) is 12.6. The molecular formula is C23H29N2O7P. The van der Waals surface area contributed by atoms with Gasteiger partial charge in [-0.15, -0.1) is 0 Å². The van der Waals surface area contributed by atoms with Crippen molar-refractivity contribution in [2.75, 3.05) is 0 Å². The number of esters is 1. The van der Waals surface area contributed by atoms with E-state index in [4.69, 9.17) is 13.8 Å². The van der Waals surface area contributed by atoms with Crippen molar-refractivity contribution < 1.29 is 28.1 Å². The standard InChI is InChI=1S/C23H29N2O7P/c1-17(2)22(23(26)30-19-9-5-3-6-10-19)24-33(29,31-20-11-7-4-8-12-20)32-21-15-13-18(14-16-21)25(27)28/h4,7-8,11-17,19,22H,3,5-6,9-10H2,1-2H3,(H,24,29).